The number of allylic oxidation sites excluding steroid dienone is 10. The highest BCUT2D eigenvalue weighted by molar-refractivity contribution is 5.71. The lowest BCUT2D eigenvalue weighted by molar-refractivity contribution is -0.167. The Morgan fingerprint density at radius 1 is 0.339 bits per heavy atom. The lowest BCUT2D eigenvalue weighted by Crippen LogP contribution is -2.30. The van der Waals surface area contributed by atoms with Gasteiger partial charge in [-0.15, -0.1) is 0 Å². The summed E-state index contributed by atoms with van der Waals surface area (Å²) in [6.45, 7) is 6.48. The molecule has 0 spiro atoms. The van der Waals surface area contributed by atoms with Gasteiger partial charge in [0.25, 0.3) is 0 Å². The van der Waals surface area contributed by atoms with Crippen LogP contribution in [0.15, 0.2) is 60.8 Å². The van der Waals surface area contributed by atoms with E-state index < -0.39 is 6.10 Å². The van der Waals surface area contributed by atoms with Crippen molar-refractivity contribution in [3.05, 3.63) is 60.8 Å². The van der Waals surface area contributed by atoms with E-state index in [9.17, 15) is 14.4 Å². The van der Waals surface area contributed by atoms with Crippen molar-refractivity contribution in [3.8, 4) is 0 Å². The first-order chi connectivity index (χ1) is 30.5. The van der Waals surface area contributed by atoms with Gasteiger partial charge >= 0.3 is 17.9 Å². The Morgan fingerprint density at radius 3 is 1.03 bits per heavy atom. The summed E-state index contributed by atoms with van der Waals surface area (Å²) in [6, 6.07) is 0. The van der Waals surface area contributed by atoms with Crippen molar-refractivity contribution < 1.29 is 28.6 Å². The molecule has 0 N–H and O–H groups in total. The predicted molar refractivity (Wildman–Crippen MR) is 265 cm³/mol. The molecule has 0 bridgehead atoms. The number of rotatable bonds is 47. The van der Waals surface area contributed by atoms with Gasteiger partial charge in [0.1, 0.15) is 13.2 Å². The molecular weight excluding hydrogens is 769 g/mol. The smallest absolute Gasteiger partial charge is 0.306 e. The van der Waals surface area contributed by atoms with Crippen LogP contribution in [-0.4, -0.2) is 37.2 Å². The van der Waals surface area contributed by atoms with E-state index in [1.54, 1.807) is 0 Å². The molecule has 0 aromatic carbocycles. The highest BCUT2D eigenvalue weighted by Crippen LogP contribution is 2.15. The molecule has 0 aromatic rings. The molecule has 0 fully saturated rings. The number of unbranched alkanes of at least 4 members (excludes halogenated alkanes) is 26. The zero-order valence-electron chi connectivity index (χ0n) is 40.9. The highest BCUT2D eigenvalue weighted by atomic mass is 16.6. The number of esters is 3. The van der Waals surface area contributed by atoms with Gasteiger partial charge < -0.3 is 14.2 Å². The quantitative estimate of drug-likeness (QED) is 0.0262. The molecule has 0 rings (SSSR count). The van der Waals surface area contributed by atoms with E-state index in [0.29, 0.717) is 19.3 Å². The summed E-state index contributed by atoms with van der Waals surface area (Å²) in [5.74, 6) is -0.930. The average Bonchev–Trinajstić information content (AvgIpc) is 3.27. The third kappa shape index (κ3) is 48.1. The van der Waals surface area contributed by atoms with Crippen molar-refractivity contribution >= 4 is 17.9 Å². The number of ether oxygens (including phenoxy) is 3. The Hall–Kier alpha value is -2.89. The molecule has 0 radical (unpaired) electrons. The zero-order chi connectivity index (χ0) is 45.1. The van der Waals surface area contributed by atoms with E-state index in [1.807, 2.05) is 0 Å². The van der Waals surface area contributed by atoms with Crippen LogP contribution < -0.4 is 0 Å². The standard InChI is InChI=1S/C56H98O6/c1-4-7-10-13-16-19-22-24-26-27-28-29-31-32-34-37-40-43-46-49-55(58)61-52-53(51-60-54(57)48-45-42-39-36-21-18-15-12-9-6-3)62-56(59)50-47-44-41-38-35-33-30-25-23-20-17-14-11-8-5-2/h8,11,17,20,24-26,30,35,38,53H,4-7,9-10,12-16,18-19,21-23,27-29,31-34,36-37,39-52H2,1-3H3/b11-8-,20-17-,26-24-,30-25-,38-35-. The fourth-order valence-electron chi connectivity index (χ4n) is 7.31. The van der Waals surface area contributed by atoms with Crippen molar-refractivity contribution in [2.45, 2.75) is 264 Å². The van der Waals surface area contributed by atoms with Crippen LogP contribution in [-0.2, 0) is 28.6 Å². The molecule has 0 amide bonds. The van der Waals surface area contributed by atoms with E-state index in [0.717, 1.165) is 77.0 Å². The van der Waals surface area contributed by atoms with Crippen LogP contribution in [0.25, 0.3) is 0 Å². The summed E-state index contributed by atoms with van der Waals surface area (Å²) in [7, 11) is 0. The summed E-state index contributed by atoms with van der Waals surface area (Å²) in [5.41, 5.74) is 0. The first kappa shape index (κ1) is 59.1. The number of carbonyl (C=O) groups excluding carboxylic acids is 3. The molecule has 0 saturated heterocycles. The third-order valence-corrected chi connectivity index (χ3v) is 11.3. The lowest BCUT2D eigenvalue weighted by Gasteiger charge is -2.18. The summed E-state index contributed by atoms with van der Waals surface area (Å²) in [4.78, 5) is 37.9. The Labute approximate surface area is 383 Å². The topological polar surface area (TPSA) is 78.9 Å². The minimum Gasteiger partial charge on any atom is -0.462 e. The Kier molecular flexibility index (Phi) is 48.4. The van der Waals surface area contributed by atoms with Gasteiger partial charge in [-0.25, -0.2) is 0 Å². The second-order valence-electron chi connectivity index (χ2n) is 17.4. The van der Waals surface area contributed by atoms with Gasteiger partial charge in [-0.1, -0.05) is 216 Å². The minimum atomic E-state index is -0.793. The Morgan fingerprint density at radius 2 is 0.629 bits per heavy atom. The van der Waals surface area contributed by atoms with Crippen LogP contribution in [0, 0.1) is 0 Å². The molecule has 1 atom stereocenters. The summed E-state index contributed by atoms with van der Waals surface area (Å²) < 4.78 is 16.7. The molecule has 0 aromatic heterocycles. The average molecular weight is 867 g/mol. The maximum absolute atomic E-state index is 12.8. The first-order valence-corrected chi connectivity index (χ1v) is 26.3. The second-order valence-corrected chi connectivity index (χ2v) is 17.4. The molecule has 358 valence electrons. The van der Waals surface area contributed by atoms with Crippen LogP contribution in [0.3, 0.4) is 0 Å². The van der Waals surface area contributed by atoms with Crippen LogP contribution in [0.2, 0.25) is 0 Å². The molecule has 62 heavy (non-hydrogen) atoms. The van der Waals surface area contributed by atoms with E-state index in [1.165, 1.54) is 135 Å². The molecule has 6 heteroatoms. The first-order valence-electron chi connectivity index (χ1n) is 26.3. The highest BCUT2D eigenvalue weighted by Gasteiger charge is 2.19. The molecule has 0 saturated carbocycles. The molecular formula is C56H98O6. The van der Waals surface area contributed by atoms with Crippen molar-refractivity contribution in [1.82, 2.24) is 0 Å². The van der Waals surface area contributed by atoms with Crippen LogP contribution in [0.4, 0.5) is 0 Å². The molecule has 6 nitrogen and oxygen atoms in total. The van der Waals surface area contributed by atoms with E-state index in [4.69, 9.17) is 14.2 Å². The molecule has 0 aliphatic rings. The van der Waals surface area contributed by atoms with Gasteiger partial charge in [0.05, 0.1) is 0 Å². The summed E-state index contributed by atoms with van der Waals surface area (Å²) in [6.07, 6.45) is 62.1. The second kappa shape index (κ2) is 50.8. The fraction of sp³-hybridized carbons (Fsp3) is 0.768. The van der Waals surface area contributed by atoms with Crippen LogP contribution >= 0.6 is 0 Å². The van der Waals surface area contributed by atoms with Gasteiger partial charge in [0.15, 0.2) is 6.10 Å². The van der Waals surface area contributed by atoms with E-state index >= 15 is 0 Å². The summed E-state index contributed by atoms with van der Waals surface area (Å²) in [5, 5.41) is 0. The van der Waals surface area contributed by atoms with Gasteiger partial charge in [-0.3, -0.25) is 14.4 Å². The minimum absolute atomic E-state index is 0.0898. The number of carbonyl (C=O) groups is 3. The van der Waals surface area contributed by atoms with Crippen molar-refractivity contribution in [2.75, 3.05) is 13.2 Å². The molecule has 0 heterocycles. The summed E-state index contributed by atoms with van der Waals surface area (Å²) >= 11 is 0. The molecule has 0 aliphatic carbocycles. The lowest BCUT2D eigenvalue weighted by atomic mass is 10.1. The maximum atomic E-state index is 12.8. The van der Waals surface area contributed by atoms with E-state index in [-0.39, 0.29) is 37.5 Å². The largest absolute Gasteiger partial charge is 0.462 e. The van der Waals surface area contributed by atoms with Crippen molar-refractivity contribution in [1.29, 1.82) is 0 Å². The monoisotopic (exact) mass is 867 g/mol. The third-order valence-electron chi connectivity index (χ3n) is 11.3. The molecule has 0 aliphatic heterocycles. The fourth-order valence-corrected chi connectivity index (χ4v) is 7.31. The number of hydrogen-bond donors (Lipinski definition) is 0. The van der Waals surface area contributed by atoms with Crippen LogP contribution in [0.1, 0.15) is 258 Å². The van der Waals surface area contributed by atoms with E-state index in [2.05, 4.69) is 81.5 Å². The van der Waals surface area contributed by atoms with Crippen molar-refractivity contribution in [2.24, 2.45) is 0 Å². The van der Waals surface area contributed by atoms with Gasteiger partial charge in [0.2, 0.25) is 0 Å². The molecule has 1 unspecified atom stereocenters. The Bertz CT molecular complexity index is 1130. The van der Waals surface area contributed by atoms with Crippen molar-refractivity contribution in [3.63, 3.8) is 0 Å². The van der Waals surface area contributed by atoms with Gasteiger partial charge in [0, 0.05) is 19.3 Å². The zero-order valence-corrected chi connectivity index (χ0v) is 40.9. The van der Waals surface area contributed by atoms with Gasteiger partial charge in [-0.2, -0.15) is 0 Å². The Balaban J connectivity index is 4.36. The normalized spacial score (nSPS) is 12.5. The number of hydrogen-bond acceptors (Lipinski definition) is 6. The SMILES string of the molecule is CC/C=C\C/C=C\C/C=C\C/C=C\CCCCC(=O)OC(COC(=O)CCCCCCCCCCCC)COC(=O)CCCCCCCCCCC/C=C\CCCCCCCC. The van der Waals surface area contributed by atoms with Crippen LogP contribution in [0.5, 0.6) is 0 Å². The predicted octanol–water partition coefficient (Wildman–Crippen LogP) is 17.3. The van der Waals surface area contributed by atoms with Gasteiger partial charge in [-0.05, 0) is 83.5 Å². The maximum Gasteiger partial charge on any atom is 0.306 e.